The number of rotatable bonds is 3. The summed E-state index contributed by atoms with van der Waals surface area (Å²) in [6.07, 6.45) is 0. The van der Waals surface area contributed by atoms with Gasteiger partial charge in [-0.05, 0) is 0 Å². The molecule has 21 heavy (non-hydrogen) atoms. The molecule has 0 unspecified atom stereocenters. The van der Waals surface area contributed by atoms with Gasteiger partial charge in [0.1, 0.15) is 0 Å². The molecule has 1 aliphatic heterocycles. The van der Waals surface area contributed by atoms with Crippen LogP contribution in [0.15, 0.2) is 20.2 Å². The Kier molecular flexibility index (Phi) is 5.56. The molecule has 0 saturated carbocycles. The van der Waals surface area contributed by atoms with Gasteiger partial charge in [0.2, 0.25) is 0 Å². The van der Waals surface area contributed by atoms with E-state index in [2.05, 4.69) is 70.2 Å². The van der Waals surface area contributed by atoms with Gasteiger partial charge in [0.25, 0.3) is 0 Å². The van der Waals surface area contributed by atoms with Crippen LogP contribution in [0.3, 0.4) is 0 Å². The van der Waals surface area contributed by atoms with E-state index in [1.54, 1.807) is 3.59 Å². The van der Waals surface area contributed by atoms with Crippen molar-refractivity contribution >= 4 is 25.5 Å². The molecule has 0 aromatic heterocycles. The van der Waals surface area contributed by atoms with Crippen LogP contribution in [0.4, 0.5) is 0 Å². The van der Waals surface area contributed by atoms with E-state index in [9.17, 15) is 0 Å². The summed E-state index contributed by atoms with van der Waals surface area (Å²) in [6, 6.07) is 0. The first kappa shape index (κ1) is 19.3. The van der Waals surface area contributed by atoms with Crippen LogP contribution in [0.5, 0.6) is 0 Å². The first-order chi connectivity index (χ1) is 9.21. The van der Waals surface area contributed by atoms with E-state index in [-0.39, 0.29) is 18.3 Å². The maximum absolute atomic E-state index is 6.18. The van der Waals surface area contributed by atoms with Crippen molar-refractivity contribution in [2.24, 2.45) is 0 Å². The van der Waals surface area contributed by atoms with Gasteiger partial charge in [-0.1, -0.05) is 0 Å². The van der Waals surface area contributed by atoms with Gasteiger partial charge in [-0.15, -0.1) is 0 Å². The van der Waals surface area contributed by atoms with E-state index in [0.29, 0.717) is 0 Å². The van der Waals surface area contributed by atoms with Crippen molar-refractivity contribution in [2.75, 3.05) is 0 Å². The first-order valence-corrected chi connectivity index (χ1v) is 17.9. The van der Waals surface area contributed by atoms with E-state index in [1.807, 2.05) is 0 Å². The predicted molar refractivity (Wildman–Crippen MR) is 96.2 cm³/mol. The van der Waals surface area contributed by atoms with Gasteiger partial charge in [-0.2, -0.15) is 0 Å². The molecule has 4 heteroatoms. The van der Waals surface area contributed by atoms with Crippen molar-refractivity contribution in [3.63, 3.8) is 0 Å². The Hall–Kier alpha value is 0.264. The van der Waals surface area contributed by atoms with Gasteiger partial charge in [0.05, 0.1) is 0 Å². The summed E-state index contributed by atoms with van der Waals surface area (Å²) in [5.41, 5.74) is 3.44. The van der Waals surface area contributed by atoms with Crippen LogP contribution in [0.25, 0.3) is 0 Å². The van der Waals surface area contributed by atoms with Crippen LogP contribution in [-0.2, 0) is 9.31 Å². The fourth-order valence-corrected chi connectivity index (χ4v) is 6.08. The second-order valence-corrected chi connectivity index (χ2v) is 23.4. The summed E-state index contributed by atoms with van der Waals surface area (Å²) in [5, 5.41) is 0. The minimum absolute atomic E-state index is 0.229. The second-order valence-electron chi connectivity index (χ2n) is 8.40. The summed E-state index contributed by atoms with van der Waals surface area (Å²) >= 11 is -2.01. The topological polar surface area (TPSA) is 18.5 Å². The minimum atomic E-state index is -2.01. The average molecular weight is 399 g/mol. The zero-order valence-electron chi connectivity index (χ0n) is 15.9. The predicted octanol–water partition coefficient (Wildman–Crippen LogP) is 5.17. The Balaban J connectivity index is 3.16. The number of hydrogen-bond acceptors (Lipinski definition) is 2. The molecule has 0 aliphatic carbocycles. The van der Waals surface area contributed by atoms with E-state index >= 15 is 0 Å². The molecule has 1 heterocycles. The van der Waals surface area contributed by atoms with Crippen molar-refractivity contribution < 1.29 is 9.31 Å². The maximum atomic E-state index is 6.18. The number of hydrogen-bond donors (Lipinski definition) is 0. The van der Waals surface area contributed by atoms with Gasteiger partial charge in [-0.25, -0.2) is 0 Å². The molecule has 0 spiro atoms. The standard InChI is InChI=1S/C14H24BO2.3CH3.Sn/c1-9-10(2)11(3)12(4)15-16-13(5,6)14(7,8)17-15;;;;/h1-8H3;3*1H3;. The molecular weight excluding hydrogens is 366 g/mol. The third kappa shape index (κ3) is 3.97. The second kappa shape index (κ2) is 6.05. The monoisotopic (exact) mass is 400 g/mol. The van der Waals surface area contributed by atoms with Crippen LogP contribution in [0, 0.1) is 0 Å². The Morgan fingerprint density at radius 3 is 1.48 bits per heavy atom. The van der Waals surface area contributed by atoms with E-state index in [0.717, 1.165) is 0 Å². The van der Waals surface area contributed by atoms with Crippen LogP contribution >= 0.6 is 0 Å². The Morgan fingerprint density at radius 2 is 1.14 bits per heavy atom. The molecule has 0 radical (unpaired) electrons. The SMILES string of the molecule is CC(B1OC(C)(C)C(C)(C)O1)=C(C)C(C)=[C](C)[Sn]([CH3])([CH3])[CH3]. The van der Waals surface area contributed by atoms with Gasteiger partial charge in [0, 0.05) is 0 Å². The quantitative estimate of drug-likeness (QED) is 0.482. The molecule has 0 bridgehead atoms. The molecular formula is C17H33BO2Sn. The summed E-state index contributed by atoms with van der Waals surface area (Å²) in [6.45, 7) is 17.3. The molecule has 0 atom stereocenters. The van der Waals surface area contributed by atoms with Gasteiger partial charge < -0.3 is 0 Å². The molecule has 1 aliphatic rings. The molecule has 1 fully saturated rings. The molecule has 0 aromatic rings. The third-order valence-electron chi connectivity index (χ3n) is 5.45. The van der Waals surface area contributed by atoms with E-state index < -0.39 is 18.4 Å². The molecule has 0 amide bonds. The van der Waals surface area contributed by atoms with Crippen molar-refractivity contribution in [2.45, 2.75) is 81.4 Å². The summed E-state index contributed by atoms with van der Waals surface area (Å²) in [5.74, 6) is 0. The molecule has 0 aromatic carbocycles. The van der Waals surface area contributed by atoms with E-state index in [4.69, 9.17) is 9.31 Å². The fraction of sp³-hybridized carbons (Fsp3) is 0.765. The van der Waals surface area contributed by atoms with Crippen LogP contribution in [0.2, 0.25) is 14.8 Å². The van der Waals surface area contributed by atoms with Gasteiger partial charge in [0.15, 0.2) is 0 Å². The third-order valence-corrected chi connectivity index (χ3v) is 12.9. The molecule has 2 nitrogen and oxygen atoms in total. The van der Waals surface area contributed by atoms with Crippen LogP contribution in [0.1, 0.15) is 55.4 Å². The fourth-order valence-electron chi connectivity index (χ4n) is 2.34. The zero-order valence-corrected chi connectivity index (χ0v) is 18.7. The Labute approximate surface area is 136 Å². The molecule has 1 saturated heterocycles. The molecule has 1 rings (SSSR count). The van der Waals surface area contributed by atoms with Crippen molar-refractivity contribution in [3.05, 3.63) is 20.2 Å². The zero-order chi connectivity index (χ0) is 16.8. The van der Waals surface area contributed by atoms with Crippen molar-refractivity contribution in [1.29, 1.82) is 0 Å². The number of allylic oxidation sites excluding steroid dienone is 4. The summed E-state index contributed by atoms with van der Waals surface area (Å²) < 4.78 is 14.0. The van der Waals surface area contributed by atoms with Gasteiger partial charge >= 0.3 is 136 Å². The Bertz CT molecular complexity index is 466. The normalized spacial score (nSPS) is 23.9. The van der Waals surface area contributed by atoms with E-state index in [1.165, 1.54) is 16.6 Å². The van der Waals surface area contributed by atoms with Crippen LogP contribution < -0.4 is 0 Å². The molecule has 0 N–H and O–H groups in total. The van der Waals surface area contributed by atoms with Gasteiger partial charge in [-0.3, -0.25) is 0 Å². The van der Waals surface area contributed by atoms with Crippen molar-refractivity contribution in [3.8, 4) is 0 Å². The first-order valence-electron chi connectivity index (χ1n) is 7.92. The Morgan fingerprint density at radius 1 is 0.762 bits per heavy atom. The average Bonchev–Trinajstić information content (AvgIpc) is 2.53. The summed E-state index contributed by atoms with van der Waals surface area (Å²) in [4.78, 5) is 7.39. The molecule has 120 valence electrons. The van der Waals surface area contributed by atoms with Crippen molar-refractivity contribution in [1.82, 2.24) is 0 Å². The van der Waals surface area contributed by atoms with Crippen LogP contribution in [-0.4, -0.2) is 36.7 Å². The summed E-state index contributed by atoms with van der Waals surface area (Å²) in [7, 11) is -0.229.